The maximum atomic E-state index is 13.3. The van der Waals surface area contributed by atoms with Gasteiger partial charge in [0.1, 0.15) is 17.4 Å². The Hall–Kier alpha value is -3.87. The number of aliphatic hydroxyl groups is 1. The van der Waals surface area contributed by atoms with Crippen LogP contribution in [0, 0.1) is 11.6 Å². The number of amides is 1. The lowest BCUT2D eigenvalue weighted by atomic mass is 9.96. The summed E-state index contributed by atoms with van der Waals surface area (Å²) in [5.74, 6) is -2.80. The van der Waals surface area contributed by atoms with Crippen molar-refractivity contribution in [1.82, 2.24) is 9.88 Å². The molecule has 1 unspecified atom stereocenters. The predicted molar refractivity (Wildman–Crippen MR) is 110 cm³/mol. The zero-order valence-electron chi connectivity index (χ0n) is 16.3. The molecule has 156 valence electrons. The summed E-state index contributed by atoms with van der Waals surface area (Å²) in [6.07, 6.45) is 3.48. The second-order valence-corrected chi connectivity index (χ2v) is 7.16. The fraction of sp³-hybridized carbons (Fsp3) is 0.125. The molecule has 1 amide bonds. The van der Waals surface area contributed by atoms with Gasteiger partial charge in [0.15, 0.2) is 0 Å². The molecular formula is C24H18F2N2O3. The number of benzene rings is 2. The van der Waals surface area contributed by atoms with E-state index in [4.69, 9.17) is 0 Å². The van der Waals surface area contributed by atoms with E-state index in [1.54, 1.807) is 30.5 Å². The molecule has 0 radical (unpaired) electrons. The highest BCUT2D eigenvalue weighted by atomic mass is 19.1. The maximum Gasteiger partial charge on any atom is 0.295 e. The maximum absolute atomic E-state index is 13.3. The van der Waals surface area contributed by atoms with Gasteiger partial charge in [-0.25, -0.2) is 8.78 Å². The molecule has 1 fully saturated rings. The first kappa shape index (κ1) is 20.4. The largest absolute Gasteiger partial charge is 0.507 e. The van der Waals surface area contributed by atoms with Gasteiger partial charge in [-0.2, -0.15) is 0 Å². The highest BCUT2D eigenvalue weighted by Crippen LogP contribution is 2.39. The number of carbonyl (C=O) groups is 2. The van der Waals surface area contributed by atoms with E-state index in [2.05, 4.69) is 4.98 Å². The number of Topliss-reactive ketones (excluding diaryl/α,β-unsaturated/α-hetero) is 1. The Bertz CT molecular complexity index is 1140. The Kier molecular flexibility index (Phi) is 5.58. The molecule has 2 aromatic carbocycles. The van der Waals surface area contributed by atoms with Crippen LogP contribution in [0.5, 0.6) is 0 Å². The SMILES string of the molecule is O=C1C(=O)N(CCc2ccc(F)cc2)C(c2cccnc2)/C1=C(/O)c1ccc(F)cc1. The van der Waals surface area contributed by atoms with Crippen molar-refractivity contribution in [2.24, 2.45) is 0 Å². The molecule has 31 heavy (non-hydrogen) atoms. The van der Waals surface area contributed by atoms with Crippen LogP contribution < -0.4 is 0 Å². The summed E-state index contributed by atoms with van der Waals surface area (Å²) >= 11 is 0. The van der Waals surface area contributed by atoms with Crippen molar-refractivity contribution in [3.8, 4) is 0 Å². The van der Waals surface area contributed by atoms with Crippen molar-refractivity contribution < 1.29 is 23.5 Å². The number of ketones is 1. The summed E-state index contributed by atoms with van der Waals surface area (Å²) in [6.45, 7) is 0.177. The number of aromatic nitrogens is 1. The molecule has 5 nitrogen and oxygen atoms in total. The van der Waals surface area contributed by atoms with Crippen molar-refractivity contribution >= 4 is 17.4 Å². The topological polar surface area (TPSA) is 70.5 Å². The van der Waals surface area contributed by atoms with Crippen LogP contribution in [0.4, 0.5) is 8.78 Å². The van der Waals surface area contributed by atoms with Gasteiger partial charge < -0.3 is 10.0 Å². The first-order valence-corrected chi connectivity index (χ1v) is 9.64. The Balaban J connectivity index is 1.74. The van der Waals surface area contributed by atoms with Gasteiger partial charge >= 0.3 is 0 Å². The lowest BCUT2D eigenvalue weighted by Crippen LogP contribution is -2.31. The summed E-state index contributed by atoms with van der Waals surface area (Å²) in [7, 11) is 0. The van der Waals surface area contributed by atoms with E-state index in [0.717, 1.165) is 5.56 Å². The fourth-order valence-electron chi connectivity index (χ4n) is 3.66. The summed E-state index contributed by atoms with van der Waals surface area (Å²) in [6, 6.07) is 13.4. The van der Waals surface area contributed by atoms with Crippen molar-refractivity contribution in [1.29, 1.82) is 0 Å². The molecule has 1 N–H and O–H groups in total. The van der Waals surface area contributed by atoms with E-state index < -0.39 is 23.5 Å². The van der Waals surface area contributed by atoms with Crippen LogP contribution in [0.15, 0.2) is 78.6 Å². The Labute approximate surface area is 177 Å². The third-order valence-electron chi connectivity index (χ3n) is 5.21. The zero-order valence-corrected chi connectivity index (χ0v) is 16.3. The van der Waals surface area contributed by atoms with Crippen molar-refractivity contribution in [2.75, 3.05) is 6.54 Å². The second-order valence-electron chi connectivity index (χ2n) is 7.16. The van der Waals surface area contributed by atoms with Gasteiger partial charge in [0.05, 0.1) is 11.6 Å². The molecule has 3 aromatic rings. The molecule has 4 rings (SSSR count). The number of hydrogen-bond donors (Lipinski definition) is 1. The Morgan fingerprint density at radius 2 is 1.61 bits per heavy atom. The highest BCUT2D eigenvalue weighted by molar-refractivity contribution is 6.46. The van der Waals surface area contributed by atoms with Gasteiger partial charge in [0.2, 0.25) is 0 Å². The number of rotatable bonds is 5. The minimum absolute atomic E-state index is 0.0799. The molecule has 1 aromatic heterocycles. The van der Waals surface area contributed by atoms with Crippen LogP contribution >= 0.6 is 0 Å². The monoisotopic (exact) mass is 420 g/mol. The van der Waals surface area contributed by atoms with E-state index in [1.807, 2.05) is 0 Å². The lowest BCUT2D eigenvalue weighted by molar-refractivity contribution is -0.139. The zero-order chi connectivity index (χ0) is 22.0. The van der Waals surface area contributed by atoms with Gasteiger partial charge in [-0.1, -0.05) is 18.2 Å². The molecular weight excluding hydrogens is 402 g/mol. The number of hydrogen-bond acceptors (Lipinski definition) is 4. The van der Waals surface area contributed by atoms with Gasteiger partial charge in [0.25, 0.3) is 11.7 Å². The quantitative estimate of drug-likeness (QED) is 0.385. The number of halogens is 2. The standard InChI is InChI=1S/C24H18F2N2O3/c25-18-7-3-15(4-8-18)11-13-28-21(17-2-1-12-27-14-17)20(23(30)24(28)31)22(29)16-5-9-19(26)10-6-16/h1-10,12,14,21,29H,11,13H2/b22-20-. The molecule has 7 heteroatoms. The molecule has 0 spiro atoms. The third-order valence-corrected chi connectivity index (χ3v) is 5.21. The number of aliphatic hydroxyl groups excluding tert-OH is 1. The van der Waals surface area contributed by atoms with Crippen LogP contribution in [-0.4, -0.2) is 33.2 Å². The van der Waals surface area contributed by atoms with E-state index in [0.29, 0.717) is 12.0 Å². The van der Waals surface area contributed by atoms with Crippen LogP contribution in [0.1, 0.15) is 22.7 Å². The van der Waals surface area contributed by atoms with E-state index in [-0.39, 0.29) is 29.3 Å². The van der Waals surface area contributed by atoms with Crippen molar-refractivity contribution in [3.05, 3.63) is 107 Å². The van der Waals surface area contributed by atoms with Crippen LogP contribution in [0.3, 0.4) is 0 Å². The number of likely N-dealkylation sites (tertiary alicyclic amines) is 1. The Morgan fingerprint density at radius 3 is 2.23 bits per heavy atom. The minimum Gasteiger partial charge on any atom is -0.507 e. The first-order chi connectivity index (χ1) is 15.0. The second kappa shape index (κ2) is 8.47. The first-order valence-electron chi connectivity index (χ1n) is 9.64. The molecule has 1 atom stereocenters. The molecule has 2 heterocycles. The third kappa shape index (κ3) is 4.07. The van der Waals surface area contributed by atoms with Gasteiger partial charge in [-0.05, 0) is 60.0 Å². The summed E-state index contributed by atoms with van der Waals surface area (Å²) in [4.78, 5) is 31.2. The fourth-order valence-corrected chi connectivity index (χ4v) is 3.66. The average molecular weight is 420 g/mol. The van der Waals surface area contributed by atoms with Crippen molar-refractivity contribution in [2.45, 2.75) is 12.5 Å². The predicted octanol–water partition coefficient (Wildman–Crippen LogP) is 4.02. The van der Waals surface area contributed by atoms with E-state index in [1.165, 1.54) is 47.5 Å². The van der Waals surface area contributed by atoms with Gasteiger partial charge in [0, 0.05) is 24.5 Å². The molecule has 0 saturated carbocycles. The molecule has 1 aliphatic heterocycles. The van der Waals surface area contributed by atoms with Crippen LogP contribution in [-0.2, 0) is 16.0 Å². The van der Waals surface area contributed by atoms with E-state index in [9.17, 15) is 23.5 Å². The van der Waals surface area contributed by atoms with Crippen molar-refractivity contribution in [3.63, 3.8) is 0 Å². The van der Waals surface area contributed by atoms with Crippen LogP contribution in [0.25, 0.3) is 5.76 Å². The summed E-state index contributed by atoms with van der Waals surface area (Å²) < 4.78 is 26.5. The normalized spacial score (nSPS) is 17.9. The Morgan fingerprint density at radius 1 is 0.968 bits per heavy atom. The minimum atomic E-state index is -0.848. The number of pyridine rings is 1. The van der Waals surface area contributed by atoms with Crippen LogP contribution in [0.2, 0.25) is 0 Å². The number of nitrogens with zero attached hydrogens (tertiary/aromatic N) is 2. The molecule has 1 saturated heterocycles. The molecule has 1 aliphatic rings. The van der Waals surface area contributed by atoms with Gasteiger partial charge in [-0.15, -0.1) is 0 Å². The molecule has 0 bridgehead atoms. The molecule has 0 aliphatic carbocycles. The average Bonchev–Trinajstić information content (AvgIpc) is 3.04. The van der Waals surface area contributed by atoms with Gasteiger partial charge in [-0.3, -0.25) is 14.6 Å². The van der Waals surface area contributed by atoms with E-state index >= 15 is 0 Å². The summed E-state index contributed by atoms with van der Waals surface area (Å²) in [5, 5.41) is 10.9. The summed E-state index contributed by atoms with van der Waals surface area (Å²) in [5.41, 5.74) is 1.51. The highest BCUT2D eigenvalue weighted by Gasteiger charge is 2.45. The smallest absolute Gasteiger partial charge is 0.295 e. The lowest BCUT2D eigenvalue weighted by Gasteiger charge is -2.25. The number of carbonyl (C=O) groups excluding carboxylic acids is 2.